The van der Waals surface area contributed by atoms with Crippen molar-refractivity contribution in [2.24, 2.45) is 0 Å². The summed E-state index contributed by atoms with van der Waals surface area (Å²) in [7, 11) is 0. The summed E-state index contributed by atoms with van der Waals surface area (Å²) >= 11 is 0. The Morgan fingerprint density at radius 3 is 2.30 bits per heavy atom. The topological polar surface area (TPSA) is 88.3 Å². The van der Waals surface area contributed by atoms with E-state index in [1.165, 1.54) is 13.8 Å². The average molecular weight is 334 g/mol. The Morgan fingerprint density at radius 2 is 1.83 bits per heavy atom. The van der Waals surface area contributed by atoms with Crippen LogP contribution in [0.3, 0.4) is 0 Å². The summed E-state index contributed by atoms with van der Waals surface area (Å²) < 4.78 is 42.1. The smallest absolute Gasteiger partial charge is 0.408 e. The fraction of sp³-hybridized carbons (Fsp3) is 0.500. The number of ether oxygens (including phenoxy) is 1. The summed E-state index contributed by atoms with van der Waals surface area (Å²) in [6, 6.07) is -2.17. The number of esters is 1. The summed E-state index contributed by atoms with van der Waals surface area (Å²) in [6.07, 6.45) is -4.66. The van der Waals surface area contributed by atoms with Crippen molar-refractivity contribution in [2.45, 2.75) is 39.9 Å². The second kappa shape index (κ2) is 6.84. The molecule has 128 valence electrons. The van der Waals surface area contributed by atoms with Crippen LogP contribution in [0.1, 0.15) is 46.0 Å². The highest BCUT2D eigenvalue weighted by Gasteiger charge is 2.38. The number of H-pyrrole nitrogens is 1. The number of aromatic amines is 1. The third-order valence-electron chi connectivity index (χ3n) is 3.19. The third-order valence-corrected chi connectivity index (χ3v) is 3.19. The van der Waals surface area contributed by atoms with Gasteiger partial charge in [0.15, 0.2) is 0 Å². The SMILES string of the molecule is CCOC(=O)c1c(C)[nH]c(C(=O)C(=O)NC(C)C(F)(F)F)c1C. The summed E-state index contributed by atoms with van der Waals surface area (Å²) in [6.45, 7) is 5.35. The number of carbonyl (C=O) groups excluding carboxylic acids is 3. The van der Waals surface area contributed by atoms with E-state index in [2.05, 4.69) is 4.98 Å². The monoisotopic (exact) mass is 334 g/mol. The van der Waals surface area contributed by atoms with Crippen molar-refractivity contribution < 1.29 is 32.3 Å². The number of halogens is 3. The van der Waals surface area contributed by atoms with Crippen LogP contribution in [0.5, 0.6) is 0 Å². The van der Waals surface area contributed by atoms with Crippen molar-refractivity contribution in [1.82, 2.24) is 10.3 Å². The second-order valence-corrected chi connectivity index (χ2v) is 4.91. The molecule has 9 heteroatoms. The molecule has 2 N–H and O–H groups in total. The minimum absolute atomic E-state index is 0.0897. The van der Waals surface area contributed by atoms with Gasteiger partial charge in [-0.2, -0.15) is 13.2 Å². The molecule has 0 aliphatic heterocycles. The lowest BCUT2D eigenvalue weighted by Gasteiger charge is -2.16. The first-order valence-corrected chi connectivity index (χ1v) is 6.78. The Morgan fingerprint density at radius 1 is 1.26 bits per heavy atom. The van der Waals surface area contributed by atoms with Crippen LogP contribution in [-0.2, 0) is 9.53 Å². The van der Waals surface area contributed by atoms with Gasteiger partial charge in [-0.05, 0) is 33.3 Å². The van der Waals surface area contributed by atoms with Gasteiger partial charge in [0.2, 0.25) is 0 Å². The van der Waals surface area contributed by atoms with Crippen molar-refractivity contribution in [1.29, 1.82) is 0 Å². The van der Waals surface area contributed by atoms with E-state index in [1.54, 1.807) is 12.2 Å². The highest BCUT2D eigenvalue weighted by atomic mass is 19.4. The van der Waals surface area contributed by atoms with Crippen molar-refractivity contribution >= 4 is 17.7 Å². The van der Waals surface area contributed by atoms with Crippen LogP contribution in [0.4, 0.5) is 13.2 Å². The molecule has 0 fully saturated rings. The lowest BCUT2D eigenvalue weighted by atomic mass is 10.1. The lowest BCUT2D eigenvalue weighted by molar-refractivity contribution is -0.156. The highest BCUT2D eigenvalue weighted by molar-refractivity contribution is 6.42. The molecule has 6 nitrogen and oxygen atoms in total. The van der Waals surface area contributed by atoms with Crippen molar-refractivity contribution in [2.75, 3.05) is 6.61 Å². The molecular formula is C14H17F3N2O4. The van der Waals surface area contributed by atoms with Gasteiger partial charge in [0.25, 0.3) is 11.7 Å². The Kier molecular flexibility index (Phi) is 5.57. The number of hydrogen-bond acceptors (Lipinski definition) is 4. The fourth-order valence-corrected chi connectivity index (χ4v) is 1.94. The first-order chi connectivity index (χ1) is 10.5. The van der Waals surface area contributed by atoms with Gasteiger partial charge in [-0.25, -0.2) is 4.79 Å². The number of aromatic nitrogens is 1. The molecule has 23 heavy (non-hydrogen) atoms. The fourth-order valence-electron chi connectivity index (χ4n) is 1.94. The molecule has 0 saturated heterocycles. The van der Waals surface area contributed by atoms with Crippen LogP contribution >= 0.6 is 0 Å². The average Bonchev–Trinajstić information content (AvgIpc) is 2.72. The molecule has 1 aromatic heterocycles. The Hall–Kier alpha value is -2.32. The van der Waals surface area contributed by atoms with E-state index < -0.39 is 29.9 Å². The third kappa shape index (κ3) is 4.11. The van der Waals surface area contributed by atoms with E-state index in [0.29, 0.717) is 5.69 Å². The van der Waals surface area contributed by atoms with Gasteiger partial charge < -0.3 is 15.0 Å². The Labute approximate surface area is 130 Å². The normalized spacial score (nSPS) is 12.7. The number of amides is 1. The number of ketones is 1. The minimum atomic E-state index is -4.66. The van der Waals surface area contributed by atoms with Crippen LogP contribution in [0.25, 0.3) is 0 Å². The molecule has 1 atom stereocenters. The molecule has 1 heterocycles. The maximum Gasteiger partial charge on any atom is 0.408 e. The van der Waals surface area contributed by atoms with Crippen molar-refractivity contribution in [3.63, 3.8) is 0 Å². The molecule has 1 aromatic rings. The molecule has 0 spiro atoms. The van der Waals surface area contributed by atoms with E-state index in [0.717, 1.165) is 6.92 Å². The van der Waals surface area contributed by atoms with Crippen LogP contribution in [0, 0.1) is 13.8 Å². The number of carbonyl (C=O) groups is 3. The number of aryl methyl sites for hydroxylation is 1. The van der Waals surface area contributed by atoms with Gasteiger partial charge in [-0.15, -0.1) is 0 Å². The van der Waals surface area contributed by atoms with Gasteiger partial charge in [-0.1, -0.05) is 0 Å². The largest absolute Gasteiger partial charge is 0.462 e. The molecule has 0 saturated carbocycles. The zero-order chi connectivity index (χ0) is 17.9. The molecule has 0 aliphatic rings. The van der Waals surface area contributed by atoms with Gasteiger partial charge in [0.05, 0.1) is 17.9 Å². The van der Waals surface area contributed by atoms with Crippen molar-refractivity contribution in [3.8, 4) is 0 Å². The lowest BCUT2D eigenvalue weighted by Crippen LogP contribution is -2.46. The molecular weight excluding hydrogens is 317 g/mol. The predicted octanol–water partition coefficient (Wildman–Crippen LogP) is 2.06. The van der Waals surface area contributed by atoms with E-state index in [1.807, 2.05) is 0 Å². The number of Topliss-reactive ketones (excluding diaryl/α,β-unsaturated/α-hetero) is 1. The van der Waals surface area contributed by atoms with Gasteiger partial charge >= 0.3 is 12.1 Å². The number of nitrogens with one attached hydrogen (secondary N) is 2. The number of rotatable bonds is 5. The molecule has 1 rings (SSSR count). The highest BCUT2D eigenvalue weighted by Crippen LogP contribution is 2.21. The number of hydrogen-bond donors (Lipinski definition) is 2. The molecule has 1 amide bonds. The maximum absolute atomic E-state index is 12.4. The summed E-state index contributed by atoms with van der Waals surface area (Å²) in [5.74, 6) is -3.27. The first-order valence-electron chi connectivity index (χ1n) is 6.78. The van der Waals surface area contributed by atoms with E-state index in [4.69, 9.17) is 4.74 Å². The molecule has 0 bridgehead atoms. The van der Waals surface area contributed by atoms with Crippen LogP contribution in [0.2, 0.25) is 0 Å². The Balaban J connectivity index is 3.04. The zero-order valence-electron chi connectivity index (χ0n) is 13.1. The Bertz CT molecular complexity index is 635. The van der Waals surface area contributed by atoms with Crippen LogP contribution < -0.4 is 5.32 Å². The number of alkyl halides is 3. The zero-order valence-corrected chi connectivity index (χ0v) is 13.1. The quantitative estimate of drug-likeness (QED) is 0.490. The van der Waals surface area contributed by atoms with Crippen LogP contribution in [0.15, 0.2) is 0 Å². The van der Waals surface area contributed by atoms with Gasteiger partial charge in [-0.3, -0.25) is 9.59 Å². The van der Waals surface area contributed by atoms with E-state index in [-0.39, 0.29) is 23.4 Å². The summed E-state index contributed by atoms with van der Waals surface area (Å²) in [5, 5.41) is 1.58. The summed E-state index contributed by atoms with van der Waals surface area (Å²) in [5.41, 5.74) is 0.297. The molecule has 0 aromatic carbocycles. The molecule has 0 aliphatic carbocycles. The second-order valence-electron chi connectivity index (χ2n) is 4.91. The molecule has 1 unspecified atom stereocenters. The first kappa shape index (κ1) is 18.7. The van der Waals surface area contributed by atoms with E-state index in [9.17, 15) is 27.6 Å². The maximum atomic E-state index is 12.4. The van der Waals surface area contributed by atoms with Crippen molar-refractivity contribution in [3.05, 3.63) is 22.5 Å². The predicted molar refractivity (Wildman–Crippen MR) is 74.2 cm³/mol. The van der Waals surface area contributed by atoms with E-state index >= 15 is 0 Å². The minimum Gasteiger partial charge on any atom is -0.462 e. The molecule has 0 radical (unpaired) electrons. The van der Waals surface area contributed by atoms with Crippen LogP contribution in [-0.4, -0.2) is 41.5 Å². The standard InChI is InChI=1S/C14H17F3N2O4/c1-5-23-13(22)9-6(2)10(18-7(9)3)11(20)12(21)19-8(4)14(15,16)17/h8,18H,5H2,1-4H3,(H,19,21). The summed E-state index contributed by atoms with van der Waals surface area (Å²) in [4.78, 5) is 38.0. The van der Waals surface area contributed by atoms with Gasteiger partial charge in [0, 0.05) is 5.69 Å². The van der Waals surface area contributed by atoms with Gasteiger partial charge in [0.1, 0.15) is 6.04 Å².